The Labute approximate surface area is 130 Å². The third kappa shape index (κ3) is 1.93. The van der Waals surface area contributed by atoms with Gasteiger partial charge in [-0.3, -0.25) is 0 Å². The molecule has 5 heteroatoms. The normalized spacial score (nSPS) is 11.6. The quantitative estimate of drug-likeness (QED) is 0.490. The monoisotopic (exact) mass is 315 g/mol. The standard InChI is InChI=1S/C16H11Cl2N3/c1-8-15(9-4-2-3-5-12(9)19-8)16-20-13-6-10(17)11(18)7-14(13)21-16/h2-7,19H,1H3,(H,20,21). The Balaban J connectivity index is 2.02. The Morgan fingerprint density at radius 1 is 0.952 bits per heavy atom. The maximum atomic E-state index is 6.06. The van der Waals surface area contributed by atoms with Crippen LogP contribution in [-0.4, -0.2) is 15.0 Å². The molecule has 0 aliphatic heterocycles. The number of aromatic nitrogens is 3. The van der Waals surface area contributed by atoms with E-state index in [4.69, 9.17) is 23.2 Å². The van der Waals surface area contributed by atoms with Crippen molar-refractivity contribution >= 4 is 45.1 Å². The van der Waals surface area contributed by atoms with Gasteiger partial charge in [0.25, 0.3) is 0 Å². The van der Waals surface area contributed by atoms with Crippen LogP contribution < -0.4 is 0 Å². The zero-order chi connectivity index (χ0) is 14.6. The van der Waals surface area contributed by atoms with Gasteiger partial charge in [-0.15, -0.1) is 0 Å². The number of imidazole rings is 1. The van der Waals surface area contributed by atoms with Crippen molar-refractivity contribution in [1.29, 1.82) is 0 Å². The lowest BCUT2D eigenvalue weighted by Crippen LogP contribution is -1.81. The molecule has 0 saturated carbocycles. The second-order valence-electron chi connectivity index (χ2n) is 5.04. The molecular weight excluding hydrogens is 305 g/mol. The fourth-order valence-electron chi connectivity index (χ4n) is 2.71. The van der Waals surface area contributed by atoms with Crippen LogP contribution in [0.2, 0.25) is 10.0 Å². The average Bonchev–Trinajstić information content (AvgIpc) is 2.98. The molecule has 0 saturated heterocycles. The molecule has 0 radical (unpaired) electrons. The van der Waals surface area contributed by atoms with E-state index >= 15 is 0 Å². The highest BCUT2D eigenvalue weighted by Gasteiger charge is 2.14. The zero-order valence-corrected chi connectivity index (χ0v) is 12.7. The molecule has 4 rings (SSSR count). The molecule has 0 amide bonds. The second kappa shape index (κ2) is 4.52. The van der Waals surface area contributed by atoms with Crippen molar-refractivity contribution in [3.63, 3.8) is 0 Å². The summed E-state index contributed by atoms with van der Waals surface area (Å²) in [6.45, 7) is 2.04. The van der Waals surface area contributed by atoms with E-state index in [0.29, 0.717) is 10.0 Å². The van der Waals surface area contributed by atoms with Crippen LogP contribution in [-0.2, 0) is 0 Å². The first-order valence-corrected chi connectivity index (χ1v) is 7.31. The van der Waals surface area contributed by atoms with Crippen LogP contribution >= 0.6 is 23.2 Å². The Bertz CT molecular complexity index is 943. The Kier molecular flexibility index (Phi) is 2.74. The van der Waals surface area contributed by atoms with E-state index in [2.05, 4.69) is 27.1 Å². The van der Waals surface area contributed by atoms with Crippen molar-refractivity contribution < 1.29 is 0 Å². The summed E-state index contributed by atoms with van der Waals surface area (Å²) in [5.74, 6) is 0.818. The predicted octanol–water partition coefficient (Wildman–Crippen LogP) is 5.33. The van der Waals surface area contributed by atoms with E-state index in [-0.39, 0.29) is 0 Å². The highest BCUT2D eigenvalue weighted by atomic mass is 35.5. The Hall–Kier alpha value is -1.97. The first-order chi connectivity index (χ1) is 10.1. The third-order valence-corrected chi connectivity index (χ3v) is 4.38. The molecule has 0 aliphatic carbocycles. The third-order valence-electron chi connectivity index (χ3n) is 3.65. The van der Waals surface area contributed by atoms with Crippen molar-refractivity contribution in [2.45, 2.75) is 6.92 Å². The fraction of sp³-hybridized carbons (Fsp3) is 0.0625. The number of aromatic amines is 2. The summed E-state index contributed by atoms with van der Waals surface area (Å²) in [5, 5.41) is 2.18. The number of H-pyrrole nitrogens is 2. The van der Waals surface area contributed by atoms with Crippen molar-refractivity contribution in [2.24, 2.45) is 0 Å². The molecule has 2 N–H and O–H groups in total. The average molecular weight is 316 g/mol. The van der Waals surface area contributed by atoms with Crippen LogP contribution in [0.3, 0.4) is 0 Å². The maximum Gasteiger partial charge on any atom is 0.140 e. The summed E-state index contributed by atoms with van der Waals surface area (Å²) in [6, 6.07) is 11.8. The highest BCUT2D eigenvalue weighted by Crippen LogP contribution is 2.33. The molecule has 0 bridgehead atoms. The lowest BCUT2D eigenvalue weighted by atomic mass is 10.1. The van der Waals surface area contributed by atoms with Crippen molar-refractivity contribution in [3.05, 3.63) is 52.1 Å². The number of rotatable bonds is 1. The summed E-state index contributed by atoms with van der Waals surface area (Å²) in [4.78, 5) is 11.4. The molecule has 0 spiro atoms. The summed E-state index contributed by atoms with van der Waals surface area (Å²) >= 11 is 12.1. The van der Waals surface area contributed by atoms with Gasteiger partial charge in [-0.25, -0.2) is 4.98 Å². The van der Waals surface area contributed by atoms with Crippen molar-refractivity contribution in [3.8, 4) is 11.4 Å². The molecule has 0 unspecified atom stereocenters. The molecule has 0 fully saturated rings. The minimum atomic E-state index is 0.512. The number of para-hydroxylation sites is 1. The Morgan fingerprint density at radius 2 is 1.71 bits per heavy atom. The minimum absolute atomic E-state index is 0.512. The number of halogens is 2. The second-order valence-corrected chi connectivity index (χ2v) is 5.85. The van der Waals surface area contributed by atoms with E-state index in [0.717, 1.165) is 39.0 Å². The van der Waals surface area contributed by atoms with Gasteiger partial charge in [0.15, 0.2) is 0 Å². The van der Waals surface area contributed by atoms with E-state index in [1.54, 1.807) is 12.1 Å². The van der Waals surface area contributed by atoms with E-state index in [1.807, 2.05) is 19.1 Å². The van der Waals surface area contributed by atoms with Gasteiger partial charge in [0.05, 0.1) is 21.1 Å². The molecule has 2 aromatic heterocycles. The smallest absolute Gasteiger partial charge is 0.140 e. The van der Waals surface area contributed by atoms with Crippen LogP contribution in [0.1, 0.15) is 5.69 Å². The molecule has 2 aromatic carbocycles. The molecule has 0 aliphatic rings. The van der Waals surface area contributed by atoms with Crippen LogP contribution in [0.5, 0.6) is 0 Å². The molecule has 4 aromatic rings. The van der Waals surface area contributed by atoms with Crippen molar-refractivity contribution in [1.82, 2.24) is 15.0 Å². The topological polar surface area (TPSA) is 44.5 Å². The van der Waals surface area contributed by atoms with Gasteiger partial charge in [-0.2, -0.15) is 0 Å². The lowest BCUT2D eigenvalue weighted by molar-refractivity contribution is 1.26. The van der Waals surface area contributed by atoms with Gasteiger partial charge in [0.2, 0.25) is 0 Å². The number of fused-ring (bicyclic) bond motifs is 2. The molecule has 104 valence electrons. The SMILES string of the molecule is Cc1[nH]c2ccccc2c1-c1nc2cc(Cl)c(Cl)cc2[nH]1. The summed E-state index contributed by atoms with van der Waals surface area (Å²) < 4.78 is 0. The first kappa shape index (κ1) is 12.7. The Morgan fingerprint density at radius 3 is 2.57 bits per heavy atom. The molecule has 21 heavy (non-hydrogen) atoms. The predicted molar refractivity (Wildman–Crippen MR) is 88.1 cm³/mol. The van der Waals surface area contributed by atoms with E-state index < -0.39 is 0 Å². The van der Waals surface area contributed by atoms with Gasteiger partial charge in [-0.05, 0) is 25.1 Å². The highest BCUT2D eigenvalue weighted by molar-refractivity contribution is 6.42. The number of aryl methyl sites for hydroxylation is 1. The van der Waals surface area contributed by atoms with Crippen LogP contribution in [0.15, 0.2) is 36.4 Å². The molecule has 2 heterocycles. The van der Waals surface area contributed by atoms with Gasteiger partial charge < -0.3 is 9.97 Å². The fourth-order valence-corrected chi connectivity index (χ4v) is 3.03. The molecular formula is C16H11Cl2N3. The van der Waals surface area contributed by atoms with E-state index in [9.17, 15) is 0 Å². The number of benzene rings is 2. The van der Waals surface area contributed by atoms with Gasteiger partial charge >= 0.3 is 0 Å². The molecule has 3 nitrogen and oxygen atoms in total. The summed E-state index contributed by atoms with van der Waals surface area (Å²) in [7, 11) is 0. The van der Waals surface area contributed by atoms with Crippen molar-refractivity contribution in [2.75, 3.05) is 0 Å². The van der Waals surface area contributed by atoms with Gasteiger partial charge in [0, 0.05) is 22.2 Å². The summed E-state index contributed by atoms with van der Waals surface area (Å²) in [5.41, 5.74) is 4.94. The van der Waals surface area contributed by atoms with Crippen LogP contribution in [0.25, 0.3) is 33.3 Å². The molecule has 0 atom stereocenters. The van der Waals surface area contributed by atoms with Gasteiger partial charge in [-0.1, -0.05) is 41.4 Å². The summed E-state index contributed by atoms with van der Waals surface area (Å²) in [6.07, 6.45) is 0. The van der Waals surface area contributed by atoms with Crippen LogP contribution in [0, 0.1) is 6.92 Å². The largest absolute Gasteiger partial charge is 0.358 e. The number of nitrogens with zero attached hydrogens (tertiary/aromatic N) is 1. The van der Waals surface area contributed by atoms with Crippen LogP contribution in [0.4, 0.5) is 0 Å². The number of hydrogen-bond acceptors (Lipinski definition) is 1. The minimum Gasteiger partial charge on any atom is -0.358 e. The first-order valence-electron chi connectivity index (χ1n) is 6.56. The lowest BCUT2D eigenvalue weighted by Gasteiger charge is -1.96. The number of nitrogens with one attached hydrogen (secondary N) is 2. The van der Waals surface area contributed by atoms with E-state index in [1.165, 1.54) is 0 Å². The maximum absolute atomic E-state index is 6.06. The zero-order valence-electron chi connectivity index (χ0n) is 11.2. The number of hydrogen-bond donors (Lipinski definition) is 2. The van der Waals surface area contributed by atoms with Gasteiger partial charge in [0.1, 0.15) is 5.82 Å².